The van der Waals surface area contributed by atoms with Gasteiger partial charge in [0, 0.05) is 13.0 Å². The van der Waals surface area contributed by atoms with E-state index in [1.807, 2.05) is 54.6 Å². The molecule has 4 aromatic carbocycles. The number of carboxylic acid groups (broad SMARTS) is 1. The van der Waals surface area contributed by atoms with Gasteiger partial charge < -0.3 is 10.4 Å². The molecule has 4 rings (SSSR count). The van der Waals surface area contributed by atoms with Crippen LogP contribution < -0.4 is 5.32 Å². The van der Waals surface area contributed by atoms with Crippen LogP contribution in [0, 0.1) is 0 Å². The maximum atomic E-state index is 12.7. The summed E-state index contributed by atoms with van der Waals surface area (Å²) in [6.45, 7) is 0.612. The second-order valence-corrected chi connectivity index (χ2v) is 8.94. The number of amides is 1. The van der Waals surface area contributed by atoms with Crippen LogP contribution in [0.15, 0.2) is 97.1 Å². The van der Waals surface area contributed by atoms with Gasteiger partial charge in [0.15, 0.2) is 0 Å². The first-order chi connectivity index (χ1) is 17.1. The van der Waals surface area contributed by atoms with Gasteiger partial charge in [0.1, 0.15) is 0 Å². The largest absolute Gasteiger partial charge is 0.481 e. The Bertz CT molecular complexity index is 1270. The van der Waals surface area contributed by atoms with Gasteiger partial charge in [-0.1, -0.05) is 97.1 Å². The van der Waals surface area contributed by atoms with Gasteiger partial charge in [0.25, 0.3) is 0 Å². The number of hydrogen-bond acceptors (Lipinski definition) is 2. The lowest BCUT2D eigenvalue weighted by molar-refractivity contribution is -0.137. The molecule has 0 radical (unpaired) electrons. The molecule has 2 N–H and O–H groups in total. The van der Waals surface area contributed by atoms with Crippen LogP contribution in [0.1, 0.15) is 41.0 Å². The molecule has 0 aromatic heterocycles. The van der Waals surface area contributed by atoms with Crippen LogP contribution >= 0.6 is 0 Å². The van der Waals surface area contributed by atoms with Crippen molar-refractivity contribution in [3.63, 3.8) is 0 Å². The topological polar surface area (TPSA) is 66.4 Å². The summed E-state index contributed by atoms with van der Waals surface area (Å²) in [4.78, 5) is 23.9. The monoisotopic (exact) mass is 465 g/mol. The molecule has 0 saturated heterocycles. The third kappa shape index (κ3) is 6.80. The third-order valence-corrected chi connectivity index (χ3v) is 6.48. The Morgan fingerprint density at radius 2 is 1.34 bits per heavy atom. The van der Waals surface area contributed by atoms with Crippen LogP contribution in [0.25, 0.3) is 10.8 Å². The number of benzene rings is 4. The molecule has 0 aliphatic rings. The van der Waals surface area contributed by atoms with Crippen molar-refractivity contribution < 1.29 is 14.7 Å². The first-order valence-corrected chi connectivity index (χ1v) is 12.2. The van der Waals surface area contributed by atoms with Crippen LogP contribution in [0.4, 0.5) is 0 Å². The Morgan fingerprint density at radius 3 is 2.03 bits per heavy atom. The third-order valence-electron chi connectivity index (χ3n) is 6.48. The summed E-state index contributed by atoms with van der Waals surface area (Å²) in [6.07, 6.45) is 2.61. The molecule has 0 heterocycles. The fourth-order valence-electron chi connectivity index (χ4n) is 4.66. The fraction of sp³-hybridized carbons (Fsp3) is 0.226. The van der Waals surface area contributed by atoms with Crippen molar-refractivity contribution in [1.29, 1.82) is 0 Å². The van der Waals surface area contributed by atoms with Crippen molar-refractivity contribution in [3.8, 4) is 0 Å². The van der Waals surface area contributed by atoms with Crippen LogP contribution in [0.2, 0.25) is 0 Å². The molecule has 4 heteroatoms. The lowest BCUT2D eigenvalue weighted by atomic mass is 9.85. The molecule has 1 atom stereocenters. The molecule has 1 unspecified atom stereocenters. The minimum Gasteiger partial charge on any atom is -0.481 e. The second kappa shape index (κ2) is 12.0. The number of fused-ring (bicyclic) bond motifs is 1. The minimum atomic E-state index is -0.774. The number of nitrogens with one attached hydrogen (secondary N) is 1. The summed E-state index contributed by atoms with van der Waals surface area (Å²) < 4.78 is 0. The van der Waals surface area contributed by atoms with Gasteiger partial charge in [-0.25, -0.2) is 0 Å². The predicted molar refractivity (Wildman–Crippen MR) is 141 cm³/mol. The Balaban J connectivity index is 1.49. The quantitative estimate of drug-likeness (QED) is 0.288. The summed E-state index contributed by atoms with van der Waals surface area (Å²) >= 11 is 0. The van der Waals surface area contributed by atoms with Gasteiger partial charge in [-0.2, -0.15) is 0 Å². The predicted octanol–water partition coefficient (Wildman–Crippen LogP) is 5.93. The second-order valence-electron chi connectivity index (χ2n) is 8.94. The summed E-state index contributed by atoms with van der Waals surface area (Å²) in [5, 5.41) is 14.5. The van der Waals surface area contributed by atoms with Gasteiger partial charge in [-0.05, 0) is 58.2 Å². The molecule has 4 aromatic rings. The van der Waals surface area contributed by atoms with Gasteiger partial charge in [0.2, 0.25) is 5.91 Å². The highest BCUT2D eigenvalue weighted by Crippen LogP contribution is 2.31. The van der Waals surface area contributed by atoms with E-state index in [1.54, 1.807) is 0 Å². The molecule has 0 aliphatic heterocycles. The lowest BCUT2D eigenvalue weighted by Gasteiger charge is -2.19. The van der Waals surface area contributed by atoms with Gasteiger partial charge in [0.05, 0.1) is 6.42 Å². The van der Waals surface area contributed by atoms with Gasteiger partial charge in [-0.3, -0.25) is 9.59 Å². The molecule has 0 fully saturated rings. The van der Waals surface area contributed by atoms with Crippen LogP contribution in [-0.4, -0.2) is 23.5 Å². The Labute approximate surface area is 206 Å². The zero-order valence-corrected chi connectivity index (χ0v) is 19.8. The van der Waals surface area contributed by atoms with Crippen molar-refractivity contribution in [2.45, 2.75) is 38.0 Å². The number of aliphatic carboxylic acids is 1. The number of carboxylic acids is 1. The fourth-order valence-corrected chi connectivity index (χ4v) is 4.66. The maximum Gasteiger partial charge on any atom is 0.303 e. The molecule has 0 saturated carbocycles. The average molecular weight is 466 g/mol. The molecule has 1 amide bonds. The number of carbonyl (C=O) groups is 2. The number of rotatable bonds is 11. The van der Waals surface area contributed by atoms with Gasteiger partial charge in [-0.15, -0.1) is 0 Å². The highest BCUT2D eigenvalue weighted by molar-refractivity contribution is 5.92. The lowest BCUT2D eigenvalue weighted by Crippen LogP contribution is -2.27. The van der Waals surface area contributed by atoms with E-state index in [2.05, 4.69) is 47.8 Å². The Kier molecular flexibility index (Phi) is 8.29. The van der Waals surface area contributed by atoms with Crippen LogP contribution in [0.5, 0.6) is 0 Å². The molecular weight excluding hydrogens is 434 g/mol. The van der Waals surface area contributed by atoms with Crippen molar-refractivity contribution in [3.05, 3.63) is 119 Å². The molecule has 0 spiro atoms. The van der Waals surface area contributed by atoms with E-state index in [9.17, 15) is 14.7 Å². The van der Waals surface area contributed by atoms with Crippen molar-refractivity contribution in [2.24, 2.45) is 0 Å². The summed E-state index contributed by atoms with van der Waals surface area (Å²) in [6, 6.07) is 32.6. The average Bonchev–Trinajstić information content (AvgIpc) is 2.88. The van der Waals surface area contributed by atoms with E-state index < -0.39 is 5.97 Å². The first kappa shape index (κ1) is 24.2. The zero-order chi connectivity index (χ0) is 24.5. The van der Waals surface area contributed by atoms with E-state index in [4.69, 9.17) is 0 Å². The molecule has 0 bridgehead atoms. The molecule has 0 aliphatic carbocycles. The standard InChI is InChI=1S/C31H31NO3/c33-30(32-20-19-23-9-3-1-4-10-23)22-27-16-15-26(28-13-7-8-14-29(27)28)21-25(17-18-31(34)35)24-11-5-2-6-12-24/h1-16,25H,17-22H2,(H,32,33)(H,34,35). The van der Waals surface area contributed by atoms with Crippen molar-refractivity contribution >= 4 is 22.6 Å². The molecule has 178 valence electrons. The van der Waals surface area contributed by atoms with E-state index in [0.717, 1.165) is 34.7 Å². The zero-order valence-electron chi connectivity index (χ0n) is 19.8. The highest BCUT2D eigenvalue weighted by Gasteiger charge is 2.17. The molecule has 4 nitrogen and oxygen atoms in total. The van der Waals surface area contributed by atoms with Crippen LogP contribution in [0.3, 0.4) is 0 Å². The first-order valence-electron chi connectivity index (χ1n) is 12.2. The minimum absolute atomic E-state index is 0.0162. The smallest absolute Gasteiger partial charge is 0.303 e. The van der Waals surface area contributed by atoms with Gasteiger partial charge >= 0.3 is 5.97 Å². The number of hydrogen-bond donors (Lipinski definition) is 2. The summed E-state index contributed by atoms with van der Waals surface area (Å²) in [7, 11) is 0. The Morgan fingerprint density at radius 1 is 0.743 bits per heavy atom. The van der Waals surface area contributed by atoms with E-state index in [-0.39, 0.29) is 18.2 Å². The van der Waals surface area contributed by atoms with Crippen molar-refractivity contribution in [1.82, 2.24) is 5.32 Å². The normalized spacial score (nSPS) is 11.8. The van der Waals surface area contributed by atoms with E-state index >= 15 is 0 Å². The van der Waals surface area contributed by atoms with Crippen molar-refractivity contribution in [2.75, 3.05) is 6.54 Å². The highest BCUT2D eigenvalue weighted by atomic mass is 16.4. The molecule has 35 heavy (non-hydrogen) atoms. The molecular formula is C31H31NO3. The van der Waals surface area contributed by atoms with E-state index in [1.165, 1.54) is 11.1 Å². The SMILES string of the molecule is O=C(O)CCC(Cc1ccc(CC(=O)NCCc2ccccc2)c2ccccc12)c1ccccc1. The summed E-state index contributed by atoms with van der Waals surface area (Å²) in [5.41, 5.74) is 4.54. The maximum absolute atomic E-state index is 12.7. The van der Waals surface area contributed by atoms with Crippen LogP contribution in [-0.2, 0) is 28.9 Å². The number of carbonyl (C=O) groups excluding carboxylic acids is 1. The summed E-state index contributed by atoms with van der Waals surface area (Å²) in [5.74, 6) is -0.644. The Hall–Kier alpha value is -3.92. The van der Waals surface area contributed by atoms with E-state index in [0.29, 0.717) is 19.4 Å².